The van der Waals surface area contributed by atoms with Crippen molar-refractivity contribution in [3.8, 4) is 0 Å². The summed E-state index contributed by atoms with van der Waals surface area (Å²) in [5, 5.41) is 6.62. The molecular weight excluding hydrogens is 475 g/mol. The van der Waals surface area contributed by atoms with Gasteiger partial charge in [-0.1, -0.05) is 34.8 Å². The van der Waals surface area contributed by atoms with E-state index in [4.69, 9.17) is 39.5 Å². The first-order chi connectivity index (χ1) is 15.4. The fraction of sp³-hybridized carbons (Fsp3) is 0.238. The summed E-state index contributed by atoms with van der Waals surface area (Å²) < 4.78 is 5.39. The Labute approximate surface area is 199 Å². The molecular formula is C21H19Cl3N6O2. The number of ether oxygens (including phenoxy) is 1. The second-order valence-corrected chi connectivity index (χ2v) is 8.30. The Balaban J connectivity index is 1.51. The summed E-state index contributed by atoms with van der Waals surface area (Å²) in [4.78, 5) is 28.2. The number of halogens is 3. The van der Waals surface area contributed by atoms with Gasteiger partial charge in [-0.05, 0) is 25.1 Å². The van der Waals surface area contributed by atoms with Crippen molar-refractivity contribution < 1.29 is 9.53 Å². The predicted molar refractivity (Wildman–Crippen MR) is 127 cm³/mol. The molecule has 0 saturated carbocycles. The predicted octanol–water partition coefficient (Wildman–Crippen LogP) is 4.97. The van der Waals surface area contributed by atoms with Crippen molar-refractivity contribution in [2.45, 2.75) is 6.92 Å². The first-order valence-electron chi connectivity index (χ1n) is 9.76. The normalized spacial score (nSPS) is 13.7. The van der Waals surface area contributed by atoms with Crippen LogP contribution in [0, 0.1) is 6.92 Å². The van der Waals surface area contributed by atoms with Crippen LogP contribution in [0.25, 0.3) is 0 Å². The van der Waals surface area contributed by atoms with Gasteiger partial charge in [-0.2, -0.15) is 4.98 Å². The van der Waals surface area contributed by atoms with Crippen molar-refractivity contribution in [3.63, 3.8) is 0 Å². The van der Waals surface area contributed by atoms with Crippen molar-refractivity contribution in [2.75, 3.05) is 41.8 Å². The molecule has 1 aromatic carbocycles. The van der Waals surface area contributed by atoms with Crippen molar-refractivity contribution in [2.24, 2.45) is 0 Å². The Morgan fingerprint density at radius 2 is 1.75 bits per heavy atom. The molecule has 166 valence electrons. The number of nitrogens with zero attached hydrogens (tertiary/aromatic N) is 4. The molecule has 3 aromatic rings. The molecule has 0 aliphatic carbocycles. The van der Waals surface area contributed by atoms with Gasteiger partial charge in [-0.15, -0.1) is 0 Å². The van der Waals surface area contributed by atoms with Crippen molar-refractivity contribution >= 4 is 64.0 Å². The molecule has 3 heterocycles. The highest BCUT2D eigenvalue weighted by Crippen LogP contribution is 2.30. The average molecular weight is 494 g/mol. The van der Waals surface area contributed by atoms with E-state index in [0.29, 0.717) is 41.5 Å². The van der Waals surface area contributed by atoms with E-state index in [1.165, 1.54) is 12.1 Å². The van der Waals surface area contributed by atoms with Gasteiger partial charge in [-0.3, -0.25) is 4.79 Å². The van der Waals surface area contributed by atoms with Gasteiger partial charge in [0, 0.05) is 47.8 Å². The van der Waals surface area contributed by atoms with Crippen LogP contribution in [-0.4, -0.2) is 47.2 Å². The molecule has 1 aliphatic rings. The lowest BCUT2D eigenvalue weighted by Crippen LogP contribution is -2.37. The zero-order valence-electron chi connectivity index (χ0n) is 17.0. The zero-order chi connectivity index (χ0) is 22.7. The highest BCUT2D eigenvalue weighted by Gasteiger charge is 2.17. The molecule has 0 atom stereocenters. The van der Waals surface area contributed by atoms with E-state index in [0.717, 1.165) is 18.8 Å². The third kappa shape index (κ3) is 5.39. The Morgan fingerprint density at radius 3 is 2.47 bits per heavy atom. The Kier molecular flexibility index (Phi) is 6.95. The van der Waals surface area contributed by atoms with Crippen LogP contribution in [0.5, 0.6) is 0 Å². The third-order valence-electron chi connectivity index (χ3n) is 4.64. The second-order valence-electron chi connectivity index (χ2n) is 7.05. The summed E-state index contributed by atoms with van der Waals surface area (Å²) in [5.74, 6) is 1.27. The molecule has 4 rings (SSSR count). The fourth-order valence-electron chi connectivity index (χ4n) is 3.18. The number of carbonyl (C=O) groups is 1. The van der Waals surface area contributed by atoms with Crippen LogP contribution in [-0.2, 0) is 4.74 Å². The summed E-state index contributed by atoms with van der Waals surface area (Å²) in [7, 11) is 0. The van der Waals surface area contributed by atoms with Crippen molar-refractivity contribution in [3.05, 3.63) is 62.9 Å². The summed E-state index contributed by atoms with van der Waals surface area (Å²) in [5.41, 5.74) is 1.47. The zero-order valence-corrected chi connectivity index (χ0v) is 19.3. The molecule has 8 nitrogen and oxygen atoms in total. The number of nitrogens with one attached hydrogen (secondary N) is 2. The number of carbonyl (C=O) groups excluding carboxylic acids is 1. The molecule has 2 N–H and O–H groups in total. The summed E-state index contributed by atoms with van der Waals surface area (Å²) in [6.07, 6.45) is 1.57. The second kappa shape index (κ2) is 9.87. The minimum Gasteiger partial charge on any atom is -0.378 e. The summed E-state index contributed by atoms with van der Waals surface area (Å²) in [6, 6.07) is 8.09. The lowest BCUT2D eigenvalue weighted by Gasteiger charge is -2.27. The van der Waals surface area contributed by atoms with Crippen LogP contribution in [0.3, 0.4) is 0 Å². The van der Waals surface area contributed by atoms with E-state index in [2.05, 4.69) is 30.5 Å². The topological polar surface area (TPSA) is 92.3 Å². The number of amides is 1. The number of rotatable bonds is 5. The van der Waals surface area contributed by atoms with Crippen LogP contribution in [0.15, 0.2) is 36.5 Å². The monoisotopic (exact) mass is 492 g/mol. The molecule has 0 bridgehead atoms. The molecule has 0 spiro atoms. The number of aromatic nitrogens is 3. The first-order valence-corrected chi connectivity index (χ1v) is 10.9. The van der Waals surface area contributed by atoms with Crippen LogP contribution in [0.1, 0.15) is 16.1 Å². The van der Waals surface area contributed by atoms with Crippen LogP contribution < -0.4 is 15.5 Å². The number of aryl methyl sites for hydroxylation is 1. The molecule has 11 heteroatoms. The highest BCUT2D eigenvalue weighted by molar-refractivity contribution is 6.42. The number of hydrogen-bond acceptors (Lipinski definition) is 7. The fourth-order valence-corrected chi connectivity index (χ4v) is 4.17. The van der Waals surface area contributed by atoms with Gasteiger partial charge in [0.05, 0.1) is 28.8 Å². The molecule has 32 heavy (non-hydrogen) atoms. The van der Waals surface area contributed by atoms with Crippen molar-refractivity contribution in [1.29, 1.82) is 0 Å². The van der Waals surface area contributed by atoms with Gasteiger partial charge in [-0.25, -0.2) is 9.97 Å². The quantitative estimate of drug-likeness (QED) is 0.518. The van der Waals surface area contributed by atoms with E-state index in [1.54, 1.807) is 18.3 Å². The average Bonchev–Trinajstić information content (AvgIpc) is 2.73. The standard InChI is InChI=1S/C21H19Cl3N6O2/c1-12-8-18(29-21(26-12)30-4-6-32-7-5-30)28-17-11-14(2-3-25-17)27-20(31)19-15(23)9-13(22)10-16(19)24/h2-3,8-11H,4-7H2,1H3,(H2,25,26,27,28,29,31). The van der Waals surface area contributed by atoms with E-state index in [1.807, 2.05) is 13.0 Å². The maximum Gasteiger partial charge on any atom is 0.258 e. The summed E-state index contributed by atoms with van der Waals surface area (Å²) in [6.45, 7) is 4.66. The van der Waals surface area contributed by atoms with Gasteiger partial charge in [0.15, 0.2) is 0 Å². The molecule has 1 aliphatic heterocycles. The Morgan fingerprint density at radius 1 is 1.03 bits per heavy atom. The van der Waals surface area contributed by atoms with E-state index < -0.39 is 5.91 Å². The van der Waals surface area contributed by atoms with Gasteiger partial charge in [0.2, 0.25) is 5.95 Å². The molecule has 1 saturated heterocycles. The number of pyridine rings is 1. The van der Waals surface area contributed by atoms with Crippen molar-refractivity contribution in [1.82, 2.24) is 15.0 Å². The van der Waals surface area contributed by atoms with Crippen LogP contribution in [0.4, 0.5) is 23.3 Å². The summed E-state index contributed by atoms with van der Waals surface area (Å²) >= 11 is 18.2. The molecule has 0 unspecified atom stereocenters. The number of hydrogen-bond donors (Lipinski definition) is 2. The maximum absolute atomic E-state index is 12.7. The van der Waals surface area contributed by atoms with E-state index >= 15 is 0 Å². The number of benzene rings is 1. The molecule has 0 radical (unpaired) electrons. The van der Waals surface area contributed by atoms with Gasteiger partial charge in [0.25, 0.3) is 5.91 Å². The van der Waals surface area contributed by atoms with Gasteiger partial charge < -0.3 is 20.3 Å². The molecule has 1 amide bonds. The van der Waals surface area contributed by atoms with Gasteiger partial charge >= 0.3 is 0 Å². The molecule has 2 aromatic heterocycles. The number of morpholine rings is 1. The first kappa shape index (κ1) is 22.5. The third-order valence-corrected chi connectivity index (χ3v) is 5.46. The van der Waals surface area contributed by atoms with Gasteiger partial charge in [0.1, 0.15) is 11.6 Å². The van der Waals surface area contributed by atoms with E-state index in [9.17, 15) is 4.79 Å². The maximum atomic E-state index is 12.7. The SMILES string of the molecule is Cc1cc(Nc2cc(NC(=O)c3c(Cl)cc(Cl)cc3Cl)ccn2)nc(N2CCOCC2)n1. The minimum absolute atomic E-state index is 0.144. The highest BCUT2D eigenvalue weighted by atomic mass is 35.5. The van der Waals surface area contributed by atoms with Crippen LogP contribution in [0.2, 0.25) is 15.1 Å². The Hall–Kier alpha value is -2.65. The Bertz CT molecular complexity index is 1130. The lowest BCUT2D eigenvalue weighted by molar-refractivity contribution is 0.102. The lowest BCUT2D eigenvalue weighted by atomic mass is 10.2. The minimum atomic E-state index is -0.457. The molecule has 1 fully saturated rings. The smallest absolute Gasteiger partial charge is 0.258 e. The van der Waals surface area contributed by atoms with Crippen LogP contribution >= 0.6 is 34.8 Å². The number of anilines is 4. The van der Waals surface area contributed by atoms with E-state index in [-0.39, 0.29) is 15.6 Å². The largest absolute Gasteiger partial charge is 0.378 e.